The Hall–Kier alpha value is -2.78. The van der Waals surface area contributed by atoms with Crippen LogP contribution in [0.4, 0.5) is 0 Å². The van der Waals surface area contributed by atoms with E-state index in [4.69, 9.17) is 46.9 Å². The molecule has 0 saturated carbocycles. The van der Waals surface area contributed by atoms with Gasteiger partial charge in [0.2, 0.25) is 5.79 Å². The Labute approximate surface area is 263 Å². The van der Waals surface area contributed by atoms with E-state index >= 15 is 0 Å². The van der Waals surface area contributed by atoms with Gasteiger partial charge in [-0.2, -0.15) is 0 Å². The molecule has 4 aromatic carbocycles. The summed E-state index contributed by atoms with van der Waals surface area (Å²) in [6.45, 7) is 1.13. The molecular formula is C35H36Cl2O6. The molecule has 1 aliphatic rings. The van der Waals surface area contributed by atoms with E-state index in [-0.39, 0.29) is 26.4 Å². The van der Waals surface area contributed by atoms with Crippen LogP contribution in [-0.4, -0.2) is 46.8 Å². The van der Waals surface area contributed by atoms with E-state index < -0.39 is 35.0 Å². The van der Waals surface area contributed by atoms with Gasteiger partial charge in [0.15, 0.2) is 4.84 Å². The average Bonchev–Trinajstić information content (AvgIpc) is 3.04. The van der Waals surface area contributed by atoms with Crippen molar-refractivity contribution in [1.82, 2.24) is 0 Å². The molecule has 1 N–H and O–H groups in total. The first-order valence-corrected chi connectivity index (χ1v) is 15.2. The molecule has 43 heavy (non-hydrogen) atoms. The van der Waals surface area contributed by atoms with Gasteiger partial charge >= 0.3 is 0 Å². The van der Waals surface area contributed by atoms with Crippen LogP contribution in [0.25, 0.3) is 0 Å². The SMILES string of the molecule is OC1(C(Cl)Cl)OC(COCc2ccccc2)C(OCc2ccccc2)C(OCc2ccccc2)C1OCc1ccccc1. The third kappa shape index (κ3) is 8.66. The van der Waals surface area contributed by atoms with E-state index in [9.17, 15) is 5.11 Å². The third-order valence-corrected chi connectivity index (χ3v) is 7.91. The first kappa shape index (κ1) is 31.6. The lowest BCUT2D eigenvalue weighted by atomic mass is 9.92. The van der Waals surface area contributed by atoms with E-state index in [2.05, 4.69) is 0 Å². The van der Waals surface area contributed by atoms with Crippen molar-refractivity contribution < 1.29 is 28.8 Å². The molecule has 0 spiro atoms. The number of aliphatic hydroxyl groups is 1. The lowest BCUT2D eigenvalue weighted by Crippen LogP contribution is -2.69. The van der Waals surface area contributed by atoms with Crippen LogP contribution in [0, 0.1) is 0 Å². The number of alkyl halides is 2. The highest BCUT2D eigenvalue weighted by molar-refractivity contribution is 6.45. The zero-order chi connectivity index (χ0) is 29.9. The molecule has 0 aromatic heterocycles. The summed E-state index contributed by atoms with van der Waals surface area (Å²) in [5.74, 6) is -2.12. The summed E-state index contributed by atoms with van der Waals surface area (Å²) in [4.78, 5) is -1.36. The van der Waals surface area contributed by atoms with Crippen molar-refractivity contribution in [3.05, 3.63) is 144 Å². The number of hydrogen-bond donors (Lipinski definition) is 1. The van der Waals surface area contributed by atoms with E-state index in [1.807, 2.05) is 121 Å². The van der Waals surface area contributed by atoms with Gasteiger partial charge in [-0.1, -0.05) is 145 Å². The van der Waals surface area contributed by atoms with Crippen molar-refractivity contribution in [1.29, 1.82) is 0 Å². The molecule has 5 rings (SSSR count). The number of halogens is 2. The molecule has 1 fully saturated rings. The van der Waals surface area contributed by atoms with Crippen molar-refractivity contribution in [2.24, 2.45) is 0 Å². The van der Waals surface area contributed by atoms with Gasteiger partial charge in [-0.15, -0.1) is 0 Å². The van der Waals surface area contributed by atoms with Crippen molar-refractivity contribution in [3.63, 3.8) is 0 Å². The topological polar surface area (TPSA) is 66.4 Å². The minimum absolute atomic E-state index is 0.0910. The molecule has 8 heteroatoms. The Morgan fingerprint density at radius 2 is 0.977 bits per heavy atom. The van der Waals surface area contributed by atoms with Crippen LogP contribution in [0.1, 0.15) is 22.3 Å². The van der Waals surface area contributed by atoms with Gasteiger partial charge < -0.3 is 28.8 Å². The monoisotopic (exact) mass is 622 g/mol. The molecule has 226 valence electrons. The molecule has 0 radical (unpaired) electrons. The van der Waals surface area contributed by atoms with E-state index in [1.165, 1.54) is 0 Å². The maximum Gasteiger partial charge on any atom is 0.226 e. The summed E-state index contributed by atoms with van der Waals surface area (Å²) < 4.78 is 31.8. The largest absolute Gasteiger partial charge is 0.374 e. The van der Waals surface area contributed by atoms with Gasteiger partial charge in [-0.25, -0.2) is 0 Å². The number of rotatable bonds is 14. The van der Waals surface area contributed by atoms with Crippen LogP contribution >= 0.6 is 23.2 Å². The summed E-state index contributed by atoms with van der Waals surface area (Å²) in [5, 5.41) is 11.9. The Kier molecular flexibility index (Phi) is 11.6. The maximum atomic E-state index is 11.9. The summed E-state index contributed by atoms with van der Waals surface area (Å²) in [7, 11) is 0. The number of ether oxygens (including phenoxy) is 5. The lowest BCUT2D eigenvalue weighted by Gasteiger charge is -2.50. The standard InChI is InChI=1S/C35H36Cl2O6/c36-34(37)35(38)33(42-24-29-19-11-4-12-20-29)32(41-23-28-17-9-3-10-18-28)31(40-22-27-15-7-2-8-16-27)30(43-35)25-39-21-26-13-5-1-6-14-26/h1-20,30-34,38H,21-25H2. The lowest BCUT2D eigenvalue weighted by molar-refractivity contribution is -0.365. The summed E-state index contributed by atoms with van der Waals surface area (Å²) in [6.07, 6.45) is -3.40. The number of benzene rings is 4. The predicted molar refractivity (Wildman–Crippen MR) is 166 cm³/mol. The van der Waals surface area contributed by atoms with Gasteiger partial charge in [-0.05, 0) is 22.3 Å². The minimum Gasteiger partial charge on any atom is -0.374 e. The fraction of sp³-hybridized carbons (Fsp3) is 0.314. The van der Waals surface area contributed by atoms with Crippen LogP contribution in [0.2, 0.25) is 0 Å². The van der Waals surface area contributed by atoms with Crippen LogP contribution in [0.15, 0.2) is 121 Å². The zero-order valence-electron chi connectivity index (χ0n) is 23.7. The fourth-order valence-corrected chi connectivity index (χ4v) is 5.41. The zero-order valence-corrected chi connectivity index (χ0v) is 25.2. The van der Waals surface area contributed by atoms with Crippen molar-refractivity contribution in [2.45, 2.75) is 61.5 Å². The predicted octanol–water partition coefficient (Wildman–Crippen LogP) is 6.85. The summed E-state index contributed by atoms with van der Waals surface area (Å²) >= 11 is 12.9. The smallest absolute Gasteiger partial charge is 0.226 e. The Bertz CT molecular complexity index is 1350. The third-order valence-electron chi connectivity index (χ3n) is 7.29. The van der Waals surface area contributed by atoms with Crippen LogP contribution < -0.4 is 0 Å². The average molecular weight is 624 g/mol. The van der Waals surface area contributed by atoms with Gasteiger partial charge in [0, 0.05) is 0 Å². The number of hydrogen-bond acceptors (Lipinski definition) is 6. The van der Waals surface area contributed by atoms with Gasteiger partial charge in [0.1, 0.15) is 24.4 Å². The Balaban J connectivity index is 1.45. The Morgan fingerprint density at radius 1 is 0.581 bits per heavy atom. The second kappa shape index (κ2) is 15.8. The molecule has 6 nitrogen and oxygen atoms in total. The maximum absolute atomic E-state index is 11.9. The minimum atomic E-state index is -2.12. The first-order chi connectivity index (χ1) is 21.0. The molecule has 1 saturated heterocycles. The van der Waals surface area contributed by atoms with E-state index in [1.54, 1.807) is 0 Å². The second-order valence-electron chi connectivity index (χ2n) is 10.4. The second-order valence-corrected chi connectivity index (χ2v) is 11.5. The highest BCUT2D eigenvalue weighted by Crippen LogP contribution is 2.40. The fourth-order valence-electron chi connectivity index (χ4n) is 5.06. The molecular weight excluding hydrogens is 587 g/mol. The molecule has 0 aliphatic carbocycles. The van der Waals surface area contributed by atoms with Crippen LogP contribution in [0.5, 0.6) is 0 Å². The normalized spacial score (nSPS) is 23.8. The first-order valence-electron chi connectivity index (χ1n) is 14.3. The van der Waals surface area contributed by atoms with Crippen molar-refractivity contribution in [3.8, 4) is 0 Å². The molecule has 4 aromatic rings. The molecule has 5 atom stereocenters. The van der Waals surface area contributed by atoms with Crippen LogP contribution in [0.3, 0.4) is 0 Å². The van der Waals surface area contributed by atoms with Crippen LogP contribution in [-0.2, 0) is 50.1 Å². The molecule has 0 amide bonds. The highest BCUT2D eigenvalue weighted by atomic mass is 35.5. The highest BCUT2D eigenvalue weighted by Gasteiger charge is 2.59. The van der Waals surface area contributed by atoms with Gasteiger partial charge in [0.25, 0.3) is 0 Å². The molecule has 1 aliphatic heterocycles. The van der Waals surface area contributed by atoms with Gasteiger partial charge in [0.05, 0.1) is 33.0 Å². The van der Waals surface area contributed by atoms with E-state index in [0.717, 1.165) is 22.3 Å². The van der Waals surface area contributed by atoms with Crippen molar-refractivity contribution >= 4 is 23.2 Å². The van der Waals surface area contributed by atoms with E-state index in [0.29, 0.717) is 6.61 Å². The molecule has 0 bridgehead atoms. The molecule has 1 heterocycles. The summed E-state index contributed by atoms with van der Waals surface area (Å²) in [5.41, 5.74) is 3.83. The van der Waals surface area contributed by atoms with Gasteiger partial charge in [-0.3, -0.25) is 0 Å². The van der Waals surface area contributed by atoms with Crippen molar-refractivity contribution in [2.75, 3.05) is 6.61 Å². The Morgan fingerprint density at radius 3 is 1.42 bits per heavy atom. The summed E-state index contributed by atoms with van der Waals surface area (Å²) in [6, 6.07) is 39.1. The quantitative estimate of drug-likeness (QED) is 0.155. The molecule has 5 unspecified atom stereocenters.